The summed E-state index contributed by atoms with van der Waals surface area (Å²) in [6.07, 6.45) is 0. The average Bonchev–Trinajstić information content (AvgIpc) is 2.68. The molecule has 0 saturated heterocycles. The van der Waals surface area contributed by atoms with Crippen LogP contribution in [0.1, 0.15) is 7.43 Å². The molecule has 0 aliphatic rings. The highest BCUT2D eigenvalue weighted by Crippen LogP contribution is 2.34. The molecule has 3 nitrogen and oxygen atoms in total. The van der Waals surface area contributed by atoms with E-state index in [4.69, 9.17) is 14.1 Å². The van der Waals surface area contributed by atoms with Gasteiger partial charge in [-0.25, -0.2) is 0 Å². The van der Waals surface area contributed by atoms with Gasteiger partial charge in [0.2, 0.25) is 0 Å². The minimum atomic E-state index is 0. The van der Waals surface area contributed by atoms with Crippen LogP contribution < -0.4 is 4.65 Å². The molecule has 3 rings (SSSR count). The van der Waals surface area contributed by atoms with Crippen molar-refractivity contribution in [3.63, 3.8) is 0 Å². The summed E-state index contributed by atoms with van der Waals surface area (Å²) < 4.78 is 10.7. The van der Waals surface area contributed by atoms with E-state index in [9.17, 15) is 0 Å². The molecular formula is C13H12BO3. The molecule has 0 aliphatic heterocycles. The van der Waals surface area contributed by atoms with Gasteiger partial charge in [0.1, 0.15) is 16.9 Å². The van der Waals surface area contributed by atoms with Crippen LogP contribution in [0.3, 0.4) is 0 Å². The molecule has 0 spiro atoms. The Balaban J connectivity index is 0.00000108. The van der Waals surface area contributed by atoms with Crippen LogP contribution in [0.15, 0.2) is 46.9 Å². The predicted molar refractivity (Wildman–Crippen MR) is 69.1 cm³/mol. The van der Waals surface area contributed by atoms with E-state index in [2.05, 4.69) is 0 Å². The molecule has 0 amide bonds. The van der Waals surface area contributed by atoms with Gasteiger partial charge in [-0.3, -0.25) is 0 Å². The number of hydrogen-bond acceptors (Lipinski definition) is 3. The summed E-state index contributed by atoms with van der Waals surface area (Å²) in [4.78, 5) is 0. The molecule has 0 fully saturated rings. The fourth-order valence-corrected chi connectivity index (χ4v) is 1.90. The van der Waals surface area contributed by atoms with Crippen LogP contribution in [0.25, 0.3) is 21.9 Å². The van der Waals surface area contributed by atoms with Gasteiger partial charge in [-0.1, -0.05) is 31.7 Å². The topological polar surface area (TPSA) is 42.6 Å². The summed E-state index contributed by atoms with van der Waals surface area (Å²) in [5.74, 6) is 0.588. The van der Waals surface area contributed by atoms with Crippen molar-refractivity contribution in [3.05, 3.63) is 42.5 Å². The minimum Gasteiger partial charge on any atom is -0.537 e. The smallest absolute Gasteiger partial charge is 0.537 e. The van der Waals surface area contributed by atoms with Gasteiger partial charge in [-0.15, -0.1) is 0 Å². The highest BCUT2D eigenvalue weighted by molar-refractivity contribution is 6.19. The van der Waals surface area contributed by atoms with Crippen molar-refractivity contribution in [2.24, 2.45) is 0 Å². The van der Waals surface area contributed by atoms with E-state index in [1.807, 2.05) is 36.4 Å². The lowest BCUT2D eigenvalue weighted by molar-refractivity contribution is 0.456. The maximum absolute atomic E-state index is 8.71. The van der Waals surface area contributed by atoms with Crippen LogP contribution in [0.4, 0.5) is 0 Å². The first-order valence-corrected chi connectivity index (χ1v) is 4.93. The number of furan rings is 1. The van der Waals surface area contributed by atoms with Gasteiger partial charge in [0, 0.05) is 5.39 Å². The SMILES string of the molecule is C.O[B]Oc1cccc2oc3ccccc3c12. The summed E-state index contributed by atoms with van der Waals surface area (Å²) in [7, 11) is 0.677. The van der Waals surface area contributed by atoms with Gasteiger partial charge in [0.05, 0.1) is 5.39 Å². The molecule has 1 N–H and O–H groups in total. The number of fused-ring (bicyclic) bond motifs is 3. The molecule has 0 bridgehead atoms. The molecule has 17 heavy (non-hydrogen) atoms. The molecule has 0 unspecified atom stereocenters. The van der Waals surface area contributed by atoms with E-state index in [0.29, 0.717) is 13.4 Å². The lowest BCUT2D eigenvalue weighted by Gasteiger charge is -2.01. The van der Waals surface area contributed by atoms with Gasteiger partial charge in [-0.05, 0) is 18.2 Å². The zero-order chi connectivity index (χ0) is 11.0. The second-order valence-electron chi connectivity index (χ2n) is 3.45. The van der Waals surface area contributed by atoms with Gasteiger partial charge in [-0.2, -0.15) is 0 Å². The molecule has 0 aliphatic carbocycles. The molecule has 0 saturated carbocycles. The minimum absolute atomic E-state index is 0. The predicted octanol–water partition coefficient (Wildman–Crippen LogP) is 3.13. The van der Waals surface area contributed by atoms with Crippen molar-refractivity contribution < 1.29 is 14.1 Å². The van der Waals surface area contributed by atoms with Gasteiger partial charge < -0.3 is 14.1 Å². The number of hydrogen-bond donors (Lipinski definition) is 1. The highest BCUT2D eigenvalue weighted by atomic mass is 16.5. The van der Waals surface area contributed by atoms with Gasteiger partial charge in [0.15, 0.2) is 0 Å². The van der Waals surface area contributed by atoms with Crippen LogP contribution in [0.5, 0.6) is 5.75 Å². The molecule has 85 valence electrons. The first-order valence-electron chi connectivity index (χ1n) is 4.93. The van der Waals surface area contributed by atoms with Crippen molar-refractivity contribution >= 4 is 29.6 Å². The Morgan fingerprint density at radius 3 is 2.59 bits per heavy atom. The van der Waals surface area contributed by atoms with Crippen LogP contribution in [0, 0.1) is 0 Å². The Morgan fingerprint density at radius 1 is 1.00 bits per heavy atom. The number of para-hydroxylation sites is 1. The van der Waals surface area contributed by atoms with Crippen LogP contribution >= 0.6 is 0 Å². The van der Waals surface area contributed by atoms with Crippen molar-refractivity contribution in [2.75, 3.05) is 0 Å². The average molecular weight is 227 g/mol. The van der Waals surface area contributed by atoms with E-state index < -0.39 is 0 Å². The zero-order valence-corrected chi connectivity index (χ0v) is 8.38. The second-order valence-corrected chi connectivity index (χ2v) is 3.45. The van der Waals surface area contributed by atoms with Crippen LogP contribution in [-0.2, 0) is 0 Å². The quantitative estimate of drug-likeness (QED) is 0.684. The molecule has 4 heteroatoms. The summed E-state index contributed by atoms with van der Waals surface area (Å²) in [5, 5.41) is 10.6. The summed E-state index contributed by atoms with van der Waals surface area (Å²) in [6, 6.07) is 13.2. The third kappa shape index (κ3) is 1.76. The third-order valence-electron chi connectivity index (χ3n) is 2.54. The Labute approximate surface area is 99.9 Å². The normalized spacial score (nSPS) is 10.2. The van der Waals surface area contributed by atoms with Crippen molar-refractivity contribution in [3.8, 4) is 5.75 Å². The number of rotatable bonds is 2. The van der Waals surface area contributed by atoms with E-state index in [-0.39, 0.29) is 7.43 Å². The molecule has 0 atom stereocenters. The largest absolute Gasteiger partial charge is 0.569 e. The Bertz CT molecular complexity index is 645. The zero-order valence-electron chi connectivity index (χ0n) is 8.38. The fourth-order valence-electron chi connectivity index (χ4n) is 1.90. The van der Waals surface area contributed by atoms with E-state index in [1.165, 1.54) is 0 Å². The van der Waals surface area contributed by atoms with E-state index >= 15 is 0 Å². The third-order valence-corrected chi connectivity index (χ3v) is 2.54. The molecule has 3 aromatic rings. The first kappa shape index (κ1) is 11.5. The van der Waals surface area contributed by atoms with Gasteiger partial charge in [0.25, 0.3) is 0 Å². The summed E-state index contributed by atoms with van der Waals surface area (Å²) in [5.41, 5.74) is 1.56. The first-order chi connectivity index (χ1) is 7.90. The monoisotopic (exact) mass is 227 g/mol. The van der Waals surface area contributed by atoms with E-state index in [0.717, 1.165) is 21.9 Å². The Kier molecular flexibility index (Phi) is 3.07. The molecule has 1 radical (unpaired) electrons. The van der Waals surface area contributed by atoms with Gasteiger partial charge >= 0.3 is 7.69 Å². The highest BCUT2D eigenvalue weighted by Gasteiger charge is 2.10. The lowest BCUT2D eigenvalue weighted by atomic mass is 10.1. The van der Waals surface area contributed by atoms with Crippen molar-refractivity contribution in [1.29, 1.82) is 0 Å². The number of benzene rings is 2. The molecule has 1 aromatic heterocycles. The standard InChI is InChI=1S/C12H8BO3.CH4/c14-13-16-11-7-3-6-10-12(11)8-4-1-2-5-9(8)15-10;/h1-7,14H;1H4. The van der Waals surface area contributed by atoms with Crippen LogP contribution in [-0.4, -0.2) is 12.7 Å². The Morgan fingerprint density at radius 2 is 1.76 bits per heavy atom. The molecule has 2 aromatic carbocycles. The van der Waals surface area contributed by atoms with Crippen molar-refractivity contribution in [2.45, 2.75) is 7.43 Å². The summed E-state index contributed by atoms with van der Waals surface area (Å²) in [6.45, 7) is 0. The lowest BCUT2D eigenvalue weighted by Crippen LogP contribution is -1.99. The summed E-state index contributed by atoms with van der Waals surface area (Å²) >= 11 is 0. The fraction of sp³-hybridized carbons (Fsp3) is 0.0769. The second kappa shape index (κ2) is 4.51. The van der Waals surface area contributed by atoms with E-state index in [1.54, 1.807) is 6.07 Å². The maximum atomic E-state index is 8.71. The van der Waals surface area contributed by atoms with Crippen LogP contribution in [0.2, 0.25) is 0 Å². The molecule has 1 heterocycles. The van der Waals surface area contributed by atoms with Crippen molar-refractivity contribution in [1.82, 2.24) is 0 Å². The maximum Gasteiger partial charge on any atom is 0.569 e. The Hall–Kier alpha value is -1.94. The molecular weight excluding hydrogens is 215 g/mol.